The molecule has 0 bridgehead atoms. The molecule has 2 nitrogen and oxygen atoms in total. The van der Waals surface area contributed by atoms with Gasteiger partial charge in [0.15, 0.2) is 0 Å². The van der Waals surface area contributed by atoms with Gasteiger partial charge in [-0.15, -0.1) is 0 Å². The normalized spacial score (nSPS) is 10.1. The van der Waals surface area contributed by atoms with Crippen LogP contribution in [-0.2, 0) is 0 Å². The number of halogens is 1. The molecule has 78 valence electrons. The van der Waals surface area contributed by atoms with Crippen LogP contribution >= 0.6 is 15.9 Å². The van der Waals surface area contributed by atoms with Crippen LogP contribution in [0.15, 0.2) is 12.1 Å². The molecule has 0 spiro atoms. The summed E-state index contributed by atoms with van der Waals surface area (Å²) in [6.07, 6.45) is 0. The van der Waals surface area contributed by atoms with Gasteiger partial charge in [0.2, 0.25) is 0 Å². The number of ether oxygens (including phenoxy) is 1. The monoisotopic (exact) mass is 257 g/mol. The van der Waals surface area contributed by atoms with Crippen molar-refractivity contribution >= 4 is 21.6 Å². The lowest BCUT2D eigenvalue weighted by molar-refractivity contribution is 0.415. The largest absolute Gasteiger partial charge is 0.495 e. The van der Waals surface area contributed by atoms with Gasteiger partial charge in [0.1, 0.15) is 5.75 Å². The maximum absolute atomic E-state index is 5.34. The molecule has 1 aromatic carbocycles. The SMILES string of the molecule is COc1cc(C)c(C)cc1N(C)CBr. The van der Waals surface area contributed by atoms with Gasteiger partial charge < -0.3 is 9.64 Å². The number of aryl methyl sites for hydroxylation is 2. The van der Waals surface area contributed by atoms with Crippen molar-refractivity contribution in [1.82, 2.24) is 0 Å². The molecular weight excluding hydrogens is 242 g/mol. The lowest BCUT2D eigenvalue weighted by atomic mass is 10.1. The molecule has 0 aliphatic heterocycles. The number of anilines is 1. The first-order valence-electron chi connectivity index (χ1n) is 4.52. The second-order valence-electron chi connectivity index (χ2n) is 3.43. The zero-order valence-electron chi connectivity index (χ0n) is 9.10. The number of hydrogen-bond donors (Lipinski definition) is 0. The molecule has 0 amide bonds. The van der Waals surface area contributed by atoms with Crippen molar-refractivity contribution in [3.63, 3.8) is 0 Å². The molecule has 0 heterocycles. The highest BCUT2D eigenvalue weighted by atomic mass is 79.9. The van der Waals surface area contributed by atoms with E-state index in [0.29, 0.717) is 0 Å². The van der Waals surface area contributed by atoms with E-state index in [0.717, 1.165) is 16.9 Å². The van der Waals surface area contributed by atoms with E-state index in [1.807, 2.05) is 7.05 Å². The molecule has 0 aliphatic rings. The van der Waals surface area contributed by atoms with Crippen LogP contribution in [0.2, 0.25) is 0 Å². The molecule has 0 fully saturated rings. The van der Waals surface area contributed by atoms with Gasteiger partial charge in [-0.05, 0) is 37.1 Å². The number of nitrogens with zero attached hydrogens (tertiary/aromatic N) is 1. The fraction of sp³-hybridized carbons (Fsp3) is 0.455. The van der Waals surface area contributed by atoms with Gasteiger partial charge in [0.05, 0.1) is 18.3 Å². The quantitative estimate of drug-likeness (QED) is 0.610. The van der Waals surface area contributed by atoms with E-state index in [4.69, 9.17) is 4.74 Å². The lowest BCUT2D eigenvalue weighted by Gasteiger charge is -2.20. The van der Waals surface area contributed by atoms with Crippen molar-refractivity contribution in [1.29, 1.82) is 0 Å². The van der Waals surface area contributed by atoms with E-state index in [1.165, 1.54) is 11.1 Å². The van der Waals surface area contributed by atoms with Crippen LogP contribution in [0.5, 0.6) is 5.75 Å². The minimum absolute atomic E-state index is 0.797. The van der Waals surface area contributed by atoms with Crippen molar-refractivity contribution in [3.05, 3.63) is 23.3 Å². The van der Waals surface area contributed by atoms with Crippen molar-refractivity contribution in [3.8, 4) is 5.75 Å². The fourth-order valence-corrected chi connectivity index (χ4v) is 1.57. The molecule has 3 heteroatoms. The molecule has 0 radical (unpaired) electrons. The predicted octanol–water partition coefficient (Wildman–Crippen LogP) is 3.10. The van der Waals surface area contributed by atoms with Crippen LogP contribution in [0, 0.1) is 13.8 Å². The fourth-order valence-electron chi connectivity index (χ4n) is 1.30. The van der Waals surface area contributed by atoms with Crippen molar-refractivity contribution in [2.24, 2.45) is 0 Å². The Kier molecular flexibility index (Phi) is 3.81. The summed E-state index contributed by atoms with van der Waals surface area (Å²) >= 11 is 3.43. The van der Waals surface area contributed by atoms with E-state index in [-0.39, 0.29) is 0 Å². The molecule has 0 atom stereocenters. The third kappa shape index (κ3) is 2.21. The highest BCUT2D eigenvalue weighted by Gasteiger charge is 2.08. The third-order valence-corrected chi connectivity index (χ3v) is 3.14. The second-order valence-corrected chi connectivity index (χ2v) is 3.93. The summed E-state index contributed by atoms with van der Waals surface area (Å²) in [6, 6.07) is 4.22. The second kappa shape index (κ2) is 4.69. The molecule has 1 rings (SSSR count). The summed E-state index contributed by atoms with van der Waals surface area (Å²) in [7, 11) is 3.73. The molecular formula is C11H16BrNO. The van der Waals surface area contributed by atoms with Crippen LogP contribution in [0.4, 0.5) is 5.69 Å². The molecule has 0 saturated carbocycles. The Morgan fingerprint density at radius 3 is 2.36 bits per heavy atom. The molecule has 14 heavy (non-hydrogen) atoms. The van der Waals surface area contributed by atoms with Crippen LogP contribution in [0.3, 0.4) is 0 Å². The summed E-state index contributed by atoms with van der Waals surface area (Å²) in [6.45, 7) is 4.20. The Labute approximate surface area is 94.0 Å². The average Bonchev–Trinajstić information content (AvgIpc) is 2.20. The van der Waals surface area contributed by atoms with Gasteiger partial charge in [-0.25, -0.2) is 0 Å². The summed E-state index contributed by atoms with van der Waals surface area (Å²) in [5.74, 6) is 0.926. The van der Waals surface area contributed by atoms with Crippen molar-refractivity contribution in [2.45, 2.75) is 13.8 Å². The van der Waals surface area contributed by atoms with E-state index in [1.54, 1.807) is 7.11 Å². The maximum atomic E-state index is 5.34. The first kappa shape index (κ1) is 11.4. The van der Waals surface area contributed by atoms with Crippen LogP contribution in [-0.4, -0.2) is 19.6 Å². The summed E-state index contributed by atoms with van der Waals surface area (Å²) in [5, 5.41) is 0. The number of alkyl halides is 1. The van der Waals surface area contributed by atoms with Gasteiger partial charge in [-0.3, -0.25) is 0 Å². The van der Waals surface area contributed by atoms with Gasteiger partial charge in [-0.1, -0.05) is 15.9 Å². The number of rotatable bonds is 3. The van der Waals surface area contributed by atoms with Gasteiger partial charge in [0, 0.05) is 7.05 Å². The van der Waals surface area contributed by atoms with E-state index in [2.05, 4.69) is 46.8 Å². The average molecular weight is 258 g/mol. The highest BCUT2D eigenvalue weighted by molar-refractivity contribution is 9.09. The van der Waals surface area contributed by atoms with Crippen LogP contribution < -0.4 is 9.64 Å². The van der Waals surface area contributed by atoms with Crippen molar-refractivity contribution < 1.29 is 4.74 Å². The lowest BCUT2D eigenvalue weighted by Crippen LogP contribution is -2.15. The zero-order chi connectivity index (χ0) is 10.7. The first-order chi connectivity index (χ1) is 6.60. The molecule has 0 aromatic heterocycles. The maximum Gasteiger partial charge on any atom is 0.142 e. The Bertz CT molecular complexity index is 325. The highest BCUT2D eigenvalue weighted by Crippen LogP contribution is 2.30. The standard InChI is InChI=1S/C11H16BrNO/c1-8-5-10(13(3)7-12)11(14-4)6-9(8)2/h5-6H,7H2,1-4H3. The molecule has 0 unspecified atom stereocenters. The first-order valence-corrected chi connectivity index (χ1v) is 5.64. The molecule has 0 aliphatic carbocycles. The number of hydrogen-bond acceptors (Lipinski definition) is 2. The van der Waals surface area contributed by atoms with E-state index < -0.39 is 0 Å². The summed E-state index contributed by atoms with van der Waals surface area (Å²) < 4.78 is 5.34. The Morgan fingerprint density at radius 2 is 1.86 bits per heavy atom. The topological polar surface area (TPSA) is 12.5 Å². The van der Waals surface area contributed by atoms with Gasteiger partial charge in [0.25, 0.3) is 0 Å². The van der Waals surface area contributed by atoms with Crippen LogP contribution in [0.1, 0.15) is 11.1 Å². The van der Waals surface area contributed by atoms with Gasteiger partial charge in [-0.2, -0.15) is 0 Å². The summed E-state index contributed by atoms with van der Waals surface area (Å²) in [4.78, 5) is 2.10. The molecule has 1 aromatic rings. The van der Waals surface area contributed by atoms with Crippen LogP contribution in [0.25, 0.3) is 0 Å². The minimum Gasteiger partial charge on any atom is -0.495 e. The Balaban J connectivity index is 3.19. The van der Waals surface area contributed by atoms with Gasteiger partial charge >= 0.3 is 0 Å². The molecule has 0 saturated heterocycles. The van der Waals surface area contributed by atoms with E-state index >= 15 is 0 Å². The summed E-state index contributed by atoms with van der Waals surface area (Å²) in [5.41, 5.74) is 4.46. The molecule has 0 N–H and O–H groups in total. The number of methoxy groups -OCH3 is 1. The third-order valence-electron chi connectivity index (χ3n) is 2.39. The van der Waals surface area contributed by atoms with Crippen molar-refractivity contribution in [2.75, 3.05) is 24.5 Å². The Hall–Kier alpha value is -0.700. The Morgan fingerprint density at radius 1 is 1.29 bits per heavy atom. The zero-order valence-corrected chi connectivity index (χ0v) is 10.7. The van der Waals surface area contributed by atoms with E-state index in [9.17, 15) is 0 Å². The smallest absolute Gasteiger partial charge is 0.142 e. The predicted molar refractivity (Wildman–Crippen MR) is 64.7 cm³/mol. The number of benzene rings is 1. The minimum atomic E-state index is 0.797.